The van der Waals surface area contributed by atoms with E-state index in [1.165, 1.54) is 0 Å². The molecule has 4 heteroatoms. The highest BCUT2D eigenvalue weighted by molar-refractivity contribution is 5.92. The lowest BCUT2D eigenvalue weighted by Gasteiger charge is -2.14. The summed E-state index contributed by atoms with van der Waals surface area (Å²) in [5.74, 6) is -0.801. The van der Waals surface area contributed by atoms with E-state index in [1.54, 1.807) is 6.07 Å². The lowest BCUT2D eigenvalue weighted by molar-refractivity contribution is -0.124. The highest BCUT2D eigenvalue weighted by atomic mass is 16.5. The predicted octanol–water partition coefficient (Wildman–Crippen LogP) is 3.34. The molecule has 1 amide bonds. The summed E-state index contributed by atoms with van der Waals surface area (Å²) in [4.78, 5) is 23.9. The highest BCUT2D eigenvalue weighted by Gasteiger charge is 2.14. The van der Waals surface area contributed by atoms with Gasteiger partial charge in [-0.25, -0.2) is 4.79 Å². The van der Waals surface area contributed by atoms with Gasteiger partial charge in [0.05, 0.1) is 11.6 Å². The van der Waals surface area contributed by atoms with Crippen LogP contribution in [-0.4, -0.2) is 18.5 Å². The highest BCUT2D eigenvalue weighted by Crippen LogP contribution is 2.13. The second-order valence-electron chi connectivity index (χ2n) is 5.59. The molecule has 0 bridgehead atoms. The van der Waals surface area contributed by atoms with E-state index in [0.29, 0.717) is 5.56 Å². The summed E-state index contributed by atoms with van der Waals surface area (Å²) < 4.78 is 5.10. The first-order chi connectivity index (χ1) is 11.0. The summed E-state index contributed by atoms with van der Waals surface area (Å²) in [6.45, 7) is 5.41. The molecule has 23 heavy (non-hydrogen) atoms. The third kappa shape index (κ3) is 4.68. The molecule has 120 valence electrons. The summed E-state index contributed by atoms with van der Waals surface area (Å²) in [5.41, 5.74) is 3.41. The zero-order chi connectivity index (χ0) is 16.8. The van der Waals surface area contributed by atoms with Gasteiger partial charge < -0.3 is 10.1 Å². The summed E-state index contributed by atoms with van der Waals surface area (Å²) in [5, 5.41) is 2.81. The van der Waals surface area contributed by atoms with Crippen molar-refractivity contribution in [2.24, 2.45) is 0 Å². The van der Waals surface area contributed by atoms with Crippen molar-refractivity contribution in [1.82, 2.24) is 5.32 Å². The van der Waals surface area contributed by atoms with Gasteiger partial charge in [0.25, 0.3) is 5.91 Å². The number of ether oxygens (including phenoxy) is 1. The number of aryl methyl sites for hydroxylation is 2. The molecule has 0 saturated heterocycles. The molecular weight excluding hydrogens is 290 g/mol. The Hall–Kier alpha value is -2.62. The molecular formula is C19H21NO3. The van der Waals surface area contributed by atoms with E-state index in [0.717, 1.165) is 16.7 Å². The van der Waals surface area contributed by atoms with Gasteiger partial charge in [0.2, 0.25) is 0 Å². The molecule has 0 aliphatic heterocycles. The Balaban J connectivity index is 1.88. The topological polar surface area (TPSA) is 55.4 Å². The Morgan fingerprint density at radius 3 is 2.43 bits per heavy atom. The Morgan fingerprint density at radius 2 is 1.78 bits per heavy atom. The summed E-state index contributed by atoms with van der Waals surface area (Å²) in [7, 11) is 0. The van der Waals surface area contributed by atoms with Crippen LogP contribution in [0, 0.1) is 13.8 Å². The number of benzene rings is 2. The normalized spacial score (nSPS) is 11.6. The smallest absolute Gasteiger partial charge is 0.338 e. The fraction of sp³-hybridized carbons (Fsp3) is 0.263. The lowest BCUT2D eigenvalue weighted by atomic mass is 10.1. The van der Waals surface area contributed by atoms with Crippen LogP contribution in [0.5, 0.6) is 0 Å². The molecule has 2 rings (SSSR count). The fourth-order valence-corrected chi connectivity index (χ4v) is 2.36. The predicted molar refractivity (Wildman–Crippen MR) is 89.2 cm³/mol. The van der Waals surface area contributed by atoms with E-state index in [9.17, 15) is 9.59 Å². The minimum absolute atomic E-state index is 0.136. The maximum Gasteiger partial charge on any atom is 0.338 e. The number of nitrogens with one attached hydrogen (secondary N) is 1. The molecule has 1 unspecified atom stereocenters. The first kappa shape index (κ1) is 16.7. The second-order valence-corrected chi connectivity index (χ2v) is 5.59. The van der Waals surface area contributed by atoms with Crippen LogP contribution in [0.15, 0.2) is 48.5 Å². The summed E-state index contributed by atoms with van der Waals surface area (Å²) in [6.07, 6.45) is 0. The zero-order valence-electron chi connectivity index (χ0n) is 13.6. The number of hydrogen-bond donors (Lipinski definition) is 1. The van der Waals surface area contributed by atoms with Crippen molar-refractivity contribution in [2.45, 2.75) is 26.8 Å². The number of amides is 1. The molecule has 0 aliphatic carbocycles. The molecule has 2 aromatic rings. The van der Waals surface area contributed by atoms with Crippen LogP contribution in [-0.2, 0) is 9.53 Å². The van der Waals surface area contributed by atoms with Crippen molar-refractivity contribution in [3.8, 4) is 0 Å². The van der Waals surface area contributed by atoms with Gasteiger partial charge in [-0.05, 0) is 38.0 Å². The maximum absolute atomic E-state index is 12.0. The number of carbonyl (C=O) groups is 2. The lowest BCUT2D eigenvalue weighted by Crippen LogP contribution is -2.31. The molecule has 2 aromatic carbocycles. The standard InChI is InChI=1S/C19H21NO3/c1-13-9-10-17(14(2)11-13)19(22)23-12-18(21)20-15(3)16-7-5-4-6-8-16/h4-11,15H,12H2,1-3H3,(H,20,21). The SMILES string of the molecule is Cc1ccc(C(=O)OCC(=O)NC(C)c2ccccc2)c(C)c1. The number of carbonyl (C=O) groups excluding carboxylic acids is 2. The van der Waals surface area contributed by atoms with Crippen molar-refractivity contribution < 1.29 is 14.3 Å². The fourth-order valence-electron chi connectivity index (χ4n) is 2.36. The van der Waals surface area contributed by atoms with Gasteiger partial charge in [0.15, 0.2) is 6.61 Å². The summed E-state index contributed by atoms with van der Waals surface area (Å²) >= 11 is 0. The molecule has 0 spiro atoms. The Kier molecular flexibility index (Phi) is 5.52. The van der Waals surface area contributed by atoms with Gasteiger partial charge >= 0.3 is 5.97 Å². The van der Waals surface area contributed by atoms with Crippen LogP contribution in [0.3, 0.4) is 0 Å². The van der Waals surface area contributed by atoms with Crippen molar-refractivity contribution in [3.63, 3.8) is 0 Å². The third-order valence-electron chi connectivity index (χ3n) is 3.61. The molecule has 0 aromatic heterocycles. The van der Waals surface area contributed by atoms with Crippen LogP contribution in [0.2, 0.25) is 0 Å². The van der Waals surface area contributed by atoms with E-state index in [4.69, 9.17) is 4.74 Å². The van der Waals surface area contributed by atoms with E-state index >= 15 is 0 Å². The van der Waals surface area contributed by atoms with E-state index in [-0.39, 0.29) is 18.6 Å². The van der Waals surface area contributed by atoms with Gasteiger partial charge in [-0.2, -0.15) is 0 Å². The van der Waals surface area contributed by atoms with E-state index < -0.39 is 5.97 Å². The van der Waals surface area contributed by atoms with Gasteiger partial charge in [0.1, 0.15) is 0 Å². The summed E-state index contributed by atoms with van der Waals surface area (Å²) in [6, 6.07) is 15.0. The molecule has 1 N–H and O–H groups in total. The number of rotatable bonds is 5. The maximum atomic E-state index is 12.0. The zero-order valence-corrected chi connectivity index (χ0v) is 13.6. The van der Waals surface area contributed by atoms with Crippen LogP contribution in [0.1, 0.15) is 40.0 Å². The molecule has 4 nitrogen and oxygen atoms in total. The van der Waals surface area contributed by atoms with Gasteiger partial charge in [-0.3, -0.25) is 4.79 Å². The minimum atomic E-state index is -0.481. The molecule has 0 saturated carbocycles. The first-order valence-electron chi connectivity index (χ1n) is 7.56. The Bertz CT molecular complexity index is 695. The second kappa shape index (κ2) is 7.58. The van der Waals surface area contributed by atoms with Crippen molar-refractivity contribution in [1.29, 1.82) is 0 Å². The minimum Gasteiger partial charge on any atom is -0.452 e. The van der Waals surface area contributed by atoms with Gasteiger partial charge in [-0.15, -0.1) is 0 Å². The molecule has 0 radical (unpaired) electrons. The number of esters is 1. The molecule has 1 atom stereocenters. The van der Waals surface area contributed by atoms with E-state index in [2.05, 4.69) is 5.32 Å². The molecule has 0 aliphatic rings. The van der Waals surface area contributed by atoms with Crippen molar-refractivity contribution >= 4 is 11.9 Å². The van der Waals surface area contributed by atoms with Crippen molar-refractivity contribution in [2.75, 3.05) is 6.61 Å². The van der Waals surface area contributed by atoms with Crippen LogP contribution in [0.25, 0.3) is 0 Å². The number of hydrogen-bond acceptors (Lipinski definition) is 3. The first-order valence-corrected chi connectivity index (χ1v) is 7.56. The average molecular weight is 311 g/mol. The van der Waals surface area contributed by atoms with Gasteiger partial charge in [-0.1, -0.05) is 48.0 Å². The molecule has 0 heterocycles. The van der Waals surface area contributed by atoms with E-state index in [1.807, 2.05) is 63.2 Å². The molecule has 0 fully saturated rings. The monoisotopic (exact) mass is 311 g/mol. The Morgan fingerprint density at radius 1 is 1.09 bits per heavy atom. The van der Waals surface area contributed by atoms with Crippen molar-refractivity contribution in [3.05, 3.63) is 70.8 Å². The van der Waals surface area contributed by atoms with Crippen LogP contribution < -0.4 is 5.32 Å². The third-order valence-corrected chi connectivity index (χ3v) is 3.61. The average Bonchev–Trinajstić information content (AvgIpc) is 2.53. The van der Waals surface area contributed by atoms with Crippen LogP contribution in [0.4, 0.5) is 0 Å². The van der Waals surface area contributed by atoms with Gasteiger partial charge in [0, 0.05) is 0 Å². The largest absolute Gasteiger partial charge is 0.452 e. The van der Waals surface area contributed by atoms with Crippen LogP contribution >= 0.6 is 0 Å². The Labute approximate surface area is 136 Å². The quantitative estimate of drug-likeness (QED) is 0.862.